The van der Waals surface area contributed by atoms with E-state index in [-0.39, 0.29) is 59.2 Å². The van der Waals surface area contributed by atoms with Crippen LogP contribution >= 0.6 is 0 Å². The van der Waals surface area contributed by atoms with Gasteiger partial charge in [-0.2, -0.15) is 26.6 Å². The van der Waals surface area contributed by atoms with Gasteiger partial charge in [0.1, 0.15) is 17.2 Å². The summed E-state index contributed by atoms with van der Waals surface area (Å²) in [6, 6.07) is 9.88. The van der Waals surface area contributed by atoms with Crippen LogP contribution in [0.3, 0.4) is 0 Å². The molecule has 22 nitrogen and oxygen atoms in total. The smallest absolute Gasteiger partial charge is 0.444 e. The number of carbonyl (C=O) groups excluding carboxylic acids is 7. The maximum absolute atomic E-state index is 12.8. The molecule has 3 saturated heterocycles. The number of piperidine rings is 3. The second-order valence-electron chi connectivity index (χ2n) is 17.1. The second kappa shape index (κ2) is 32.4. The van der Waals surface area contributed by atoms with Crippen LogP contribution in [0.2, 0.25) is 0 Å². The van der Waals surface area contributed by atoms with Crippen LogP contribution in [0.25, 0.3) is 0 Å². The third-order valence-corrected chi connectivity index (χ3v) is 10.8. The van der Waals surface area contributed by atoms with Crippen molar-refractivity contribution in [2.24, 2.45) is 4.99 Å². The molecule has 2 aromatic rings. The summed E-state index contributed by atoms with van der Waals surface area (Å²) in [6.45, 7) is 14.6. The number of halogens is 5. The minimum atomic E-state index is -5.01. The third kappa shape index (κ3) is 29.1. The molecule has 0 unspecified atom stereocenters. The molecule has 4 N–H and O–H groups in total. The number of alkyl halides is 3. The lowest BCUT2D eigenvalue weighted by atomic mass is 10.0. The molecule has 2 aromatic carbocycles. The molecule has 3 fully saturated rings. The zero-order chi connectivity index (χ0) is 56.2. The van der Waals surface area contributed by atoms with E-state index >= 15 is 0 Å². The molecular formula is C45H63F5N8O14S2. The van der Waals surface area contributed by atoms with Crippen molar-refractivity contribution < 1.29 is 85.0 Å². The number of ether oxygens (including phenoxy) is 1. The predicted molar refractivity (Wildman–Crippen MR) is 256 cm³/mol. The number of hydrogen-bond acceptors (Lipinski definition) is 15. The van der Waals surface area contributed by atoms with Crippen molar-refractivity contribution in [1.29, 1.82) is 0 Å². The van der Waals surface area contributed by atoms with Crippen LogP contribution in [-0.2, 0) is 49.8 Å². The van der Waals surface area contributed by atoms with Gasteiger partial charge in [-0.1, -0.05) is 24.7 Å². The highest BCUT2D eigenvalue weighted by atomic mass is 32.3. The molecule has 5 rings (SSSR count). The molecule has 3 aliphatic rings. The number of benzene rings is 2. The minimum absolute atomic E-state index is 0.00871. The molecule has 3 heterocycles. The van der Waals surface area contributed by atoms with E-state index < -0.39 is 44.8 Å². The molecule has 0 aliphatic carbocycles. The van der Waals surface area contributed by atoms with Gasteiger partial charge in [0.05, 0.1) is 5.69 Å². The van der Waals surface area contributed by atoms with Crippen molar-refractivity contribution in [2.45, 2.75) is 129 Å². The van der Waals surface area contributed by atoms with E-state index in [1.54, 1.807) is 11.8 Å². The van der Waals surface area contributed by atoms with Crippen LogP contribution in [0.5, 0.6) is 5.75 Å². The fourth-order valence-corrected chi connectivity index (χ4v) is 7.20. The average Bonchev–Trinajstić information content (AvgIpc) is 3.32. The Morgan fingerprint density at radius 2 is 1.05 bits per heavy atom. The van der Waals surface area contributed by atoms with E-state index in [1.165, 1.54) is 42.5 Å². The van der Waals surface area contributed by atoms with Crippen LogP contribution in [0, 0.1) is 5.82 Å². The number of nitrogens with one attached hydrogen (secondary N) is 4. The van der Waals surface area contributed by atoms with Crippen LogP contribution in [0.4, 0.5) is 42.4 Å². The SMILES string of the molecule is CCC(=O)N1CCC(NC(=O)C(F)(F)F)CC1.CCC(=O)N1CCC(NC(=O)Nc2ccc(F)cc2)CC1.CCC(=O)N1CCC(NC(=O)OC(C)(C)C)CC1.O=C=Nc1ccc(OS(=O)(=O)F)cc1.O=S(=O)=O. The van der Waals surface area contributed by atoms with Crippen molar-refractivity contribution in [1.82, 2.24) is 30.7 Å². The first-order valence-corrected chi connectivity index (χ1v) is 25.4. The fraction of sp³-hybridized carbons (Fsp3) is 0.578. The Morgan fingerprint density at radius 1 is 0.676 bits per heavy atom. The average molecular weight is 1100 g/mol. The maximum Gasteiger partial charge on any atom is 0.488 e. The quantitative estimate of drug-likeness (QED) is 0.0980. The molecule has 0 spiro atoms. The van der Waals surface area contributed by atoms with Gasteiger partial charge < -0.3 is 44.9 Å². The zero-order valence-electron chi connectivity index (χ0n) is 41.7. The minimum Gasteiger partial charge on any atom is -0.444 e. The number of hydrogen-bond donors (Lipinski definition) is 4. The Hall–Kier alpha value is -6.74. The third-order valence-electron chi connectivity index (χ3n) is 10.4. The fourth-order valence-electron chi connectivity index (χ4n) is 6.86. The summed E-state index contributed by atoms with van der Waals surface area (Å²) in [7, 11) is -8.12. The molecule has 7 amide bonds. The summed E-state index contributed by atoms with van der Waals surface area (Å²) in [4.78, 5) is 86.8. The number of carbonyl (C=O) groups is 6. The van der Waals surface area contributed by atoms with Crippen LogP contribution in [0.1, 0.15) is 99.3 Å². The number of alkyl carbamates (subject to hydrolysis) is 1. The Kier molecular flexibility index (Phi) is 28.6. The molecule has 0 saturated carbocycles. The van der Waals surface area contributed by atoms with E-state index in [9.17, 15) is 63.4 Å². The van der Waals surface area contributed by atoms with Crippen molar-refractivity contribution >= 4 is 74.3 Å². The molecule has 0 bridgehead atoms. The van der Waals surface area contributed by atoms with Gasteiger partial charge >= 0.3 is 45.3 Å². The number of rotatable bonds is 10. The highest BCUT2D eigenvalue weighted by Crippen LogP contribution is 2.20. The van der Waals surface area contributed by atoms with Crippen LogP contribution in [-0.4, -0.2) is 147 Å². The van der Waals surface area contributed by atoms with Gasteiger partial charge in [-0.3, -0.25) is 19.2 Å². The summed E-state index contributed by atoms with van der Waals surface area (Å²) in [5.74, 6) is -2.11. The first kappa shape index (κ1) is 65.3. The predicted octanol–water partition coefficient (Wildman–Crippen LogP) is 5.57. The number of urea groups is 1. The lowest BCUT2D eigenvalue weighted by Gasteiger charge is -2.32. The van der Waals surface area contributed by atoms with Crippen molar-refractivity contribution in [3.05, 3.63) is 54.3 Å². The summed E-state index contributed by atoms with van der Waals surface area (Å²) in [5.41, 5.74) is 0.347. The Balaban J connectivity index is 0.000000485. The largest absolute Gasteiger partial charge is 0.488 e. The summed E-state index contributed by atoms with van der Waals surface area (Å²) in [6.07, 6.45) is 1.37. The van der Waals surface area contributed by atoms with E-state index in [1.807, 2.05) is 49.7 Å². The highest BCUT2D eigenvalue weighted by Gasteiger charge is 2.40. The van der Waals surface area contributed by atoms with Gasteiger partial charge in [0.15, 0.2) is 0 Å². The van der Waals surface area contributed by atoms with Crippen LogP contribution in [0.15, 0.2) is 53.5 Å². The number of isocyanates is 1. The number of nitrogens with zero attached hydrogens (tertiary/aromatic N) is 4. The van der Waals surface area contributed by atoms with E-state index in [0.29, 0.717) is 77.1 Å². The van der Waals surface area contributed by atoms with E-state index in [4.69, 9.17) is 17.4 Å². The topological polar surface area (TPSA) is 293 Å². The van der Waals surface area contributed by atoms with Gasteiger partial charge in [-0.05, 0) is 108 Å². The Morgan fingerprint density at radius 3 is 1.39 bits per heavy atom. The lowest BCUT2D eigenvalue weighted by molar-refractivity contribution is -0.174. The first-order valence-electron chi connectivity index (χ1n) is 23.1. The normalized spacial score (nSPS) is 15.1. The van der Waals surface area contributed by atoms with Gasteiger partial charge in [0.25, 0.3) is 0 Å². The molecule has 74 heavy (non-hydrogen) atoms. The molecule has 29 heteroatoms. The van der Waals surface area contributed by atoms with Gasteiger partial charge in [-0.25, -0.2) is 18.8 Å². The summed E-state index contributed by atoms with van der Waals surface area (Å²) in [5, 5.41) is 10.3. The van der Waals surface area contributed by atoms with E-state index in [0.717, 1.165) is 37.8 Å². The zero-order valence-corrected chi connectivity index (χ0v) is 43.3. The molecular weight excluding hydrogens is 1040 g/mol. The monoisotopic (exact) mass is 1100 g/mol. The molecule has 0 radical (unpaired) electrons. The first-order chi connectivity index (χ1) is 34.5. The molecule has 0 aromatic heterocycles. The summed E-state index contributed by atoms with van der Waals surface area (Å²) >= 11 is 0. The molecule has 414 valence electrons. The molecule has 0 atom stereocenters. The van der Waals surface area contributed by atoms with Crippen LogP contribution < -0.4 is 25.5 Å². The maximum atomic E-state index is 12.8. The standard InChI is InChI=1S/C15H20FN3O2.C13H24N2O3.C10H15F3N2O2.C7H4FNO4S.O3S/c1-2-14(20)19-9-7-13(8-10-19)18-15(21)17-12-5-3-11(16)4-6-12;1-5-11(16)15-8-6-10(7-9-15)14-12(17)18-13(2,3)4;1-2-8(16)15-5-3-7(4-6-15)14-9(17)10(11,12)13;8-14(11,12)13-7-3-1-6(2-4-7)9-5-10;1-4(2)3/h3-6,13H,2,7-10H2,1H3,(H2,17,18,21);10H,5-9H2,1-4H3,(H,14,17);7H,2-6H2,1H3,(H,14,17);1-4H;. The van der Waals surface area contributed by atoms with E-state index in [2.05, 4.69) is 25.1 Å². The van der Waals surface area contributed by atoms with Gasteiger partial charge in [0, 0.05) is 82.3 Å². The number of anilines is 1. The second-order valence-corrected chi connectivity index (χ2v) is 18.5. The lowest BCUT2D eigenvalue weighted by Crippen LogP contribution is -2.49. The van der Waals surface area contributed by atoms with Crippen molar-refractivity contribution in [2.75, 3.05) is 44.6 Å². The van der Waals surface area contributed by atoms with Crippen molar-refractivity contribution in [3.63, 3.8) is 0 Å². The Bertz CT molecular complexity index is 2400. The van der Waals surface area contributed by atoms with Gasteiger partial charge in [-0.15, -0.1) is 12.6 Å². The van der Waals surface area contributed by atoms with Gasteiger partial charge in [0.2, 0.25) is 23.8 Å². The number of amides is 7. The highest BCUT2D eigenvalue weighted by molar-refractivity contribution is 7.81. The number of aliphatic imine (C=N–C) groups is 1. The summed E-state index contributed by atoms with van der Waals surface area (Å²) < 4.78 is 115. The molecule has 3 aliphatic heterocycles. The number of likely N-dealkylation sites (tertiary alicyclic amines) is 3. The van der Waals surface area contributed by atoms with Crippen molar-refractivity contribution in [3.8, 4) is 5.75 Å². The Labute approximate surface area is 427 Å².